The molecule has 0 spiro atoms. The third-order valence-corrected chi connectivity index (χ3v) is 1.30. The highest BCUT2D eigenvalue weighted by molar-refractivity contribution is 6.33. The van der Waals surface area contributed by atoms with Crippen molar-refractivity contribution in [3.63, 3.8) is 0 Å². The fraction of sp³-hybridized carbons (Fsp3) is 0.333. The molecular weight excluding hydrogens is 130 g/mol. The van der Waals surface area contributed by atoms with E-state index in [1.165, 1.54) is 0 Å². The molecule has 0 bridgehead atoms. The maximum Gasteiger partial charge on any atom is 0.170 e. The summed E-state index contributed by atoms with van der Waals surface area (Å²) in [6.07, 6.45) is 4.16. The molecular formula is C6H9N3O. The van der Waals surface area contributed by atoms with Gasteiger partial charge < -0.3 is 0 Å². The minimum absolute atomic E-state index is 0.445. The Morgan fingerprint density at radius 1 is 1.60 bits per heavy atom. The van der Waals surface area contributed by atoms with Gasteiger partial charge in [0.2, 0.25) is 0 Å². The first kappa shape index (κ1) is 6.80. The van der Waals surface area contributed by atoms with E-state index < -0.39 is 0 Å². The molecule has 0 atom stereocenters. The van der Waals surface area contributed by atoms with Gasteiger partial charge in [-0.05, 0) is 6.08 Å². The molecule has 0 unspecified atom stereocenters. The summed E-state index contributed by atoms with van der Waals surface area (Å²) in [7, 11) is 3.62. The normalized spacial score (nSPS) is 17.2. The molecule has 0 N–H and O–H groups in total. The van der Waals surface area contributed by atoms with E-state index in [2.05, 4.69) is 5.10 Å². The Bertz CT molecular complexity index is 197. The lowest BCUT2D eigenvalue weighted by Crippen LogP contribution is -2.31. The summed E-state index contributed by atoms with van der Waals surface area (Å²) in [5, 5.41) is 7.26. The SMILES string of the molecule is CN1C=CC(C=O)=NN1C. The molecule has 1 aliphatic rings. The smallest absolute Gasteiger partial charge is 0.170 e. The van der Waals surface area contributed by atoms with Crippen molar-refractivity contribution < 1.29 is 4.79 Å². The number of carbonyl (C=O) groups excluding carboxylic acids is 1. The molecule has 0 aromatic rings. The first-order valence-corrected chi connectivity index (χ1v) is 2.92. The van der Waals surface area contributed by atoms with Gasteiger partial charge in [0, 0.05) is 20.3 Å². The third-order valence-electron chi connectivity index (χ3n) is 1.30. The summed E-state index contributed by atoms with van der Waals surface area (Å²) < 4.78 is 0. The molecule has 4 heteroatoms. The van der Waals surface area contributed by atoms with E-state index >= 15 is 0 Å². The number of hydrazone groups is 1. The van der Waals surface area contributed by atoms with Crippen molar-refractivity contribution in [2.45, 2.75) is 0 Å². The highest BCUT2D eigenvalue weighted by Crippen LogP contribution is 1.99. The maximum atomic E-state index is 10.2. The molecule has 0 saturated heterocycles. The predicted molar refractivity (Wildman–Crippen MR) is 38.2 cm³/mol. The average Bonchev–Trinajstić information content (AvgIpc) is 1.95. The lowest BCUT2D eigenvalue weighted by Gasteiger charge is -2.26. The Kier molecular flexibility index (Phi) is 1.71. The number of hydrazine groups is 1. The van der Waals surface area contributed by atoms with Crippen LogP contribution in [0.2, 0.25) is 0 Å². The number of aldehydes is 1. The second kappa shape index (κ2) is 2.51. The van der Waals surface area contributed by atoms with Crippen LogP contribution in [0.4, 0.5) is 0 Å². The van der Waals surface area contributed by atoms with Crippen LogP contribution >= 0.6 is 0 Å². The summed E-state index contributed by atoms with van der Waals surface area (Å²) in [5.74, 6) is 0. The van der Waals surface area contributed by atoms with Gasteiger partial charge in [-0.3, -0.25) is 9.80 Å². The fourth-order valence-corrected chi connectivity index (χ4v) is 0.615. The minimum atomic E-state index is 0.445. The topological polar surface area (TPSA) is 35.9 Å². The van der Waals surface area contributed by atoms with Gasteiger partial charge in [0.15, 0.2) is 6.29 Å². The largest absolute Gasteiger partial charge is 0.296 e. The van der Waals surface area contributed by atoms with Crippen LogP contribution in [0.3, 0.4) is 0 Å². The van der Waals surface area contributed by atoms with Crippen molar-refractivity contribution in [1.82, 2.24) is 10.1 Å². The molecule has 0 radical (unpaired) electrons. The van der Waals surface area contributed by atoms with Crippen LogP contribution in [-0.2, 0) is 4.79 Å². The van der Waals surface area contributed by atoms with Crippen molar-refractivity contribution in [3.05, 3.63) is 12.3 Å². The first-order chi connectivity index (χ1) is 4.74. The first-order valence-electron chi connectivity index (χ1n) is 2.92. The molecule has 1 aliphatic heterocycles. The van der Waals surface area contributed by atoms with Gasteiger partial charge in [-0.15, -0.1) is 0 Å². The summed E-state index contributed by atoms with van der Waals surface area (Å²) in [5.41, 5.74) is 0.445. The Balaban J connectivity index is 2.75. The van der Waals surface area contributed by atoms with Gasteiger partial charge in [-0.1, -0.05) is 0 Å². The van der Waals surface area contributed by atoms with Gasteiger partial charge in [0.05, 0.1) is 0 Å². The van der Waals surface area contributed by atoms with Crippen LogP contribution in [-0.4, -0.2) is 36.2 Å². The predicted octanol–water partition coefficient (Wildman–Crippen LogP) is -0.153. The van der Waals surface area contributed by atoms with Gasteiger partial charge in [0.25, 0.3) is 0 Å². The quantitative estimate of drug-likeness (QED) is 0.474. The summed E-state index contributed by atoms with van der Waals surface area (Å²) in [6.45, 7) is 0. The molecule has 10 heavy (non-hydrogen) atoms. The van der Waals surface area contributed by atoms with Crippen LogP contribution in [0.1, 0.15) is 0 Å². The standard InChI is InChI=1S/C6H9N3O/c1-8-4-3-6(5-10)7-9(8)2/h3-5H,1-2H3. The zero-order chi connectivity index (χ0) is 7.56. The number of rotatable bonds is 1. The van der Waals surface area contributed by atoms with E-state index in [1.54, 1.807) is 29.5 Å². The van der Waals surface area contributed by atoms with E-state index in [-0.39, 0.29) is 0 Å². The summed E-state index contributed by atoms with van der Waals surface area (Å²) in [4.78, 5) is 10.2. The van der Waals surface area contributed by atoms with Crippen LogP contribution in [0.5, 0.6) is 0 Å². The van der Waals surface area contributed by atoms with Gasteiger partial charge >= 0.3 is 0 Å². The number of hydrogen-bond acceptors (Lipinski definition) is 4. The van der Waals surface area contributed by atoms with E-state index in [0.29, 0.717) is 5.71 Å². The number of carbonyl (C=O) groups is 1. The van der Waals surface area contributed by atoms with E-state index in [9.17, 15) is 4.79 Å². The van der Waals surface area contributed by atoms with Crippen molar-refractivity contribution in [2.75, 3.05) is 14.1 Å². The summed E-state index contributed by atoms with van der Waals surface area (Å²) >= 11 is 0. The zero-order valence-electron chi connectivity index (χ0n) is 5.98. The molecule has 1 rings (SSSR count). The Labute approximate surface area is 59.4 Å². The molecule has 0 fully saturated rings. The fourth-order valence-electron chi connectivity index (χ4n) is 0.615. The van der Waals surface area contributed by atoms with Crippen LogP contribution in [0.25, 0.3) is 0 Å². The van der Waals surface area contributed by atoms with Crippen molar-refractivity contribution in [3.8, 4) is 0 Å². The summed E-state index contributed by atoms with van der Waals surface area (Å²) in [6, 6.07) is 0. The van der Waals surface area contributed by atoms with Crippen LogP contribution < -0.4 is 0 Å². The van der Waals surface area contributed by atoms with Gasteiger partial charge in [-0.25, -0.2) is 5.12 Å². The highest BCUT2D eigenvalue weighted by Gasteiger charge is 2.04. The number of hydrogen-bond donors (Lipinski definition) is 0. The second-order valence-corrected chi connectivity index (χ2v) is 2.02. The zero-order valence-corrected chi connectivity index (χ0v) is 5.98. The molecule has 0 aromatic carbocycles. The highest BCUT2D eigenvalue weighted by atomic mass is 16.1. The lowest BCUT2D eigenvalue weighted by molar-refractivity contribution is -0.102. The minimum Gasteiger partial charge on any atom is -0.296 e. The Morgan fingerprint density at radius 3 is 2.80 bits per heavy atom. The maximum absolute atomic E-state index is 10.2. The van der Waals surface area contributed by atoms with E-state index in [0.717, 1.165) is 6.29 Å². The average molecular weight is 139 g/mol. The van der Waals surface area contributed by atoms with E-state index in [1.807, 2.05) is 7.05 Å². The van der Waals surface area contributed by atoms with Crippen LogP contribution in [0, 0.1) is 0 Å². The monoisotopic (exact) mass is 139 g/mol. The Hall–Kier alpha value is -1.32. The molecule has 0 saturated carbocycles. The molecule has 0 aliphatic carbocycles. The third kappa shape index (κ3) is 1.15. The molecule has 4 nitrogen and oxygen atoms in total. The van der Waals surface area contributed by atoms with Crippen molar-refractivity contribution >= 4 is 12.0 Å². The van der Waals surface area contributed by atoms with Crippen molar-refractivity contribution in [2.24, 2.45) is 5.10 Å². The molecule has 54 valence electrons. The molecule has 1 heterocycles. The van der Waals surface area contributed by atoms with Gasteiger partial charge in [0.1, 0.15) is 5.71 Å². The van der Waals surface area contributed by atoms with Crippen LogP contribution in [0.15, 0.2) is 17.4 Å². The van der Waals surface area contributed by atoms with Crippen molar-refractivity contribution in [1.29, 1.82) is 0 Å². The molecule has 0 aromatic heterocycles. The number of nitrogens with zero attached hydrogens (tertiary/aromatic N) is 3. The van der Waals surface area contributed by atoms with E-state index in [4.69, 9.17) is 0 Å². The lowest BCUT2D eigenvalue weighted by atomic mass is 10.4. The molecule has 0 amide bonds. The van der Waals surface area contributed by atoms with Gasteiger partial charge in [-0.2, -0.15) is 5.10 Å². The Morgan fingerprint density at radius 2 is 2.30 bits per heavy atom. The second-order valence-electron chi connectivity index (χ2n) is 2.02. The number of allylic oxidation sites excluding steroid dienone is 1.